The molecule has 4 nitrogen and oxygen atoms in total. The fourth-order valence-corrected chi connectivity index (χ4v) is 2.08. The number of rotatable bonds is 2. The normalized spacial score (nSPS) is 18.6. The van der Waals surface area contributed by atoms with Crippen LogP contribution in [-0.4, -0.2) is 30.4 Å². The van der Waals surface area contributed by atoms with Crippen LogP contribution in [0.1, 0.15) is 12.0 Å². The summed E-state index contributed by atoms with van der Waals surface area (Å²) in [6, 6.07) is 1.93. The van der Waals surface area contributed by atoms with E-state index in [1.807, 2.05) is 6.07 Å². The summed E-state index contributed by atoms with van der Waals surface area (Å²) >= 11 is 3.26. The molecule has 2 rings (SSSR count). The van der Waals surface area contributed by atoms with E-state index >= 15 is 0 Å². The average molecular weight is 273 g/mol. The van der Waals surface area contributed by atoms with Gasteiger partial charge in [-0.25, -0.2) is 0 Å². The first-order chi connectivity index (χ1) is 7.24. The lowest BCUT2D eigenvalue weighted by Gasteiger charge is -2.16. The lowest BCUT2D eigenvalue weighted by Crippen LogP contribution is -2.32. The molecule has 2 heterocycles. The van der Waals surface area contributed by atoms with Crippen LogP contribution in [0, 0.1) is 0 Å². The van der Waals surface area contributed by atoms with Crippen molar-refractivity contribution >= 4 is 21.8 Å². The summed E-state index contributed by atoms with van der Waals surface area (Å²) in [6.07, 6.45) is 2.72. The van der Waals surface area contributed by atoms with Crippen LogP contribution in [0.4, 0.5) is 0 Å². The van der Waals surface area contributed by atoms with E-state index in [0.29, 0.717) is 6.54 Å². The van der Waals surface area contributed by atoms with E-state index in [0.717, 1.165) is 36.3 Å². The van der Waals surface area contributed by atoms with Crippen molar-refractivity contribution in [1.29, 1.82) is 0 Å². The fourth-order valence-electron chi connectivity index (χ4n) is 1.69. The molecule has 5 heteroatoms. The Morgan fingerprint density at radius 3 is 3.20 bits per heavy atom. The fraction of sp³-hybridized carbons (Fsp3) is 0.500. The first-order valence-corrected chi connectivity index (χ1v) is 5.75. The predicted octanol–water partition coefficient (Wildman–Crippen LogP) is 1.36. The second-order valence-electron chi connectivity index (χ2n) is 3.67. The molecule has 0 saturated carbocycles. The summed E-state index contributed by atoms with van der Waals surface area (Å²) in [6.45, 7) is 2.97. The maximum absolute atomic E-state index is 11.3. The molecule has 0 aliphatic carbocycles. The number of halogens is 1. The summed E-state index contributed by atoms with van der Waals surface area (Å²) in [7, 11) is 0. The van der Waals surface area contributed by atoms with Gasteiger partial charge in [0.05, 0.1) is 12.8 Å². The minimum absolute atomic E-state index is 0.107. The highest BCUT2D eigenvalue weighted by Crippen LogP contribution is 2.16. The Labute approximate surface area is 96.7 Å². The molecule has 1 fully saturated rings. The number of carbonyl (C=O) groups excluding carboxylic acids is 1. The monoisotopic (exact) mass is 272 g/mol. The van der Waals surface area contributed by atoms with Gasteiger partial charge in [-0.05, 0) is 28.4 Å². The van der Waals surface area contributed by atoms with Gasteiger partial charge in [-0.1, -0.05) is 0 Å². The molecule has 1 saturated heterocycles. The van der Waals surface area contributed by atoms with E-state index in [9.17, 15) is 4.79 Å². The van der Waals surface area contributed by atoms with Crippen LogP contribution in [0.15, 0.2) is 21.4 Å². The van der Waals surface area contributed by atoms with Crippen LogP contribution >= 0.6 is 15.9 Å². The Morgan fingerprint density at radius 2 is 2.47 bits per heavy atom. The third kappa shape index (κ3) is 3.07. The SMILES string of the molecule is O=C1CN(Cc2coc(Br)c2)CCCN1. The van der Waals surface area contributed by atoms with Crippen LogP contribution in [0.3, 0.4) is 0 Å². The zero-order valence-corrected chi connectivity index (χ0v) is 9.92. The number of amides is 1. The van der Waals surface area contributed by atoms with Gasteiger partial charge in [0.15, 0.2) is 4.67 Å². The smallest absolute Gasteiger partial charge is 0.234 e. The maximum Gasteiger partial charge on any atom is 0.234 e. The van der Waals surface area contributed by atoms with Crippen LogP contribution in [0.2, 0.25) is 0 Å². The first kappa shape index (κ1) is 10.7. The van der Waals surface area contributed by atoms with Crippen molar-refractivity contribution in [2.24, 2.45) is 0 Å². The van der Waals surface area contributed by atoms with Gasteiger partial charge in [0.25, 0.3) is 0 Å². The zero-order chi connectivity index (χ0) is 10.7. The molecule has 1 aromatic rings. The van der Waals surface area contributed by atoms with Crippen LogP contribution in [0.25, 0.3) is 0 Å². The molecule has 0 atom stereocenters. The molecule has 82 valence electrons. The van der Waals surface area contributed by atoms with Crippen molar-refractivity contribution < 1.29 is 9.21 Å². The van der Waals surface area contributed by atoms with E-state index in [1.54, 1.807) is 6.26 Å². The number of carbonyl (C=O) groups is 1. The van der Waals surface area contributed by atoms with Gasteiger partial charge in [-0.2, -0.15) is 0 Å². The number of furan rings is 1. The lowest BCUT2D eigenvalue weighted by atomic mass is 10.3. The highest BCUT2D eigenvalue weighted by Gasteiger charge is 2.15. The topological polar surface area (TPSA) is 45.5 Å². The minimum atomic E-state index is 0.107. The second kappa shape index (κ2) is 4.81. The van der Waals surface area contributed by atoms with Crippen molar-refractivity contribution in [1.82, 2.24) is 10.2 Å². The Kier molecular flexibility index (Phi) is 3.43. The molecular formula is C10H13BrN2O2. The molecule has 0 aromatic carbocycles. The third-order valence-corrected chi connectivity index (χ3v) is 2.78. The van der Waals surface area contributed by atoms with Crippen molar-refractivity contribution in [3.05, 3.63) is 22.6 Å². The highest BCUT2D eigenvalue weighted by atomic mass is 79.9. The second-order valence-corrected chi connectivity index (χ2v) is 4.45. The molecule has 0 unspecified atom stereocenters. The lowest BCUT2D eigenvalue weighted by molar-refractivity contribution is -0.121. The van der Waals surface area contributed by atoms with Gasteiger partial charge in [-0.3, -0.25) is 9.69 Å². The minimum Gasteiger partial charge on any atom is -0.457 e. The highest BCUT2D eigenvalue weighted by molar-refractivity contribution is 9.10. The Balaban J connectivity index is 1.95. The third-order valence-electron chi connectivity index (χ3n) is 2.37. The quantitative estimate of drug-likeness (QED) is 0.885. The Hall–Kier alpha value is -0.810. The van der Waals surface area contributed by atoms with E-state index in [1.165, 1.54) is 0 Å². The molecule has 15 heavy (non-hydrogen) atoms. The molecule has 1 N–H and O–H groups in total. The van der Waals surface area contributed by atoms with Gasteiger partial charge >= 0.3 is 0 Å². The van der Waals surface area contributed by atoms with Crippen molar-refractivity contribution in [2.75, 3.05) is 19.6 Å². The van der Waals surface area contributed by atoms with Gasteiger partial charge in [-0.15, -0.1) is 0 Å². The summed E-state index contributed by atoms with van der Waals surface area (Å²) in [5.74, 6) is 0.107. The largest absolute Gasteiger partial charge is 0.457 e. The number of nitrogens with one attached hydrogen (secondary N) is 1. The standard InChI is InChI=1S/C10H13BrN2O2/c11-9-4-8(7-15-9)5-13-3-1-2-12-10(14)6-13/h4,7H,1-3,5-6H2,(H,12,14). The zero-order valence-electron chi connectivity index (χ0n) is 8.33. The van der Waals surface area contributed by atoms with Crippen molar-refractivity contribution in [2.45, 2.75) is 13.0 Å². The van der Waals surface area contributed by atoms with E-state index in [-0.39, 0.29) is 5.91 Å². The molecule has 1 aromatic heterocycles. The molecule has 0 radical (unpaired) electrons. The van der Waals surface area contributed by atoms with Crippen LogP contribution < -0.4 is 5.32 Å². The van der Waals surface area contributed by atoms with E-state index in [2.05, 4.69) is 26.1 Å². The number of nitrogens with zero attached hydrogens (tertiary/aromatic N) is 1. The van der Waals surface area contributed by atoms with Crippen molar-refractivity contribution in [3.63, 3.8) is 0 Å². The van der Waals surface area contributed by atoms with Gasteiger partial charge < -0.3 is 9.73 Å². The first-order valence-electron chi connectivity index (χ1n) is 4.96. The summed E-state index contributed by atoms with van der Waals surface area (Å²) in [5, 5.41) is 2.85. The molecule has 0 spiro atoms. The molecule has 1 aliphatic rings. The summed E-state index contributed by atoms with van der Waals surface area (Å²) < 4.78 is 5.89. The molecule has 1 aliphatic heterocycles. The number of hydrogen-bond donors (Lipinski definition) is 1. The van der Waals surface area contributed by atoms with Crippen LogP contribution in [-0.2, 0) is 11.3 Å². The summed E-state index contributed by atoms with van der Waals surface area (Å²) in [5.41, 5.74) is 1.09. The molecule has 0 bridgehead atoms. The summed E-state index contributed by atoms with van der Waals surface area (Å²) in [4.78, 5) is 13.4. The van der Waals surface area contributed by atoms with E-state index in [4.69, 9.17) is 4.42 Å². The number of hydrogen-bond acceptors (Lipinski definition) is 3. The van der Waals surface area contributed by atoms with E-state index < -0.39 is 0 Å². The van der Waals surface area contributed by atoms with Crippen LogP contribution in [0.5, 0.6) is 0 Å². The predicted molar refractivity (Wildman–Crippen MR) is 59.3 cm³/mol. The average Bonchev–Trinajstić information content (AvgIpc) is 2.46. The van der Waals surface area contributed by atoms with Gasteiger partial charge in [0, 0.05) is 25.2 Å². The molecule has 1 amide bonds. The molecular weight excluding hydrogens is 260 g/mol. The van der Waals surface area contributed by atoms with Gasteiger partial charge in [0.2, 0.25) is 5.91 Å². The Bertz CT molecular complexity index is 351. The van der Waals surface area contributed by atoms with Gasteiger partial charge in [0.1, 0.15) is 0 Å². The van der Waals surface area contributed by atoms with Crippen molar-refractivity contribution in [3.8, 4) is 0 Å². The maximum atomic E-state index is 11.3. The Morgan fingerprint density at radius 1 is 1.60 bits per heavy atom.